The van der Waals surface area contributed by atoms with Crippen molar-refractivity contribution in [2.24, 2.45) is 5.41 Å². The van der Waals surface area contributed by atoms with Crippen LogP contribution in [0.4, 0.5) is 0 Å². The lowest BCUT2D eigenvalue weighted by atomic mass is 9.83. The first-order chi connectivity index (χ1) is 11.9. The molecular formula is C24H35N. The maximum absolute atomic E-state index is 3.46. The van der Waals surface area contributed by atoms with Crippen molar-refractivity contribution >= 4 is 5.57 Å². The Kier molecular flexibility index (Phi) is 8.48. The molecule has 1 aliphatic heterocycles. The topological polar surface area (TPSA) is 12.0 Å². The van der Waals surface area contributed by atoms with Gasteiger partial charge in [0.2, 0.25) is 0 Å². The van der Waals surface area contributed by atoms with Gasteiger partial charge in [-0.2, -0.15) is 0 Å². The lowest BCUT2D eigenvalue weighted by molar-refractivity contribution is 0.505. The van der Waals surface area contributed by atoms with Gasteiger partial charge >= 0.3 is 0 Å². The number of allylic oxidation sites excluding steroid dienone is 6. The number of nitrogens with one attached hydrogen (secondary N) is 1. The minimum absolute atomic E-state index is 0.174. The summed E-state index contributed by atoms with van der Waals surface area (Å²) in [6.45, 7) is 15.2. The van der Waals surface area contributed by atoms with E-state index in [2.05, 4.69) is 115 Å². The van der Waals surface area contributed by atoms with Crippen molar-refractivity contribution in [3.05, 3.63) is 77.5 Å². The van der Waals surface area contributed by atoms with Crippen LogP contribution in [0, 0.1) is 5.41 Å². The van der Waals surface area contributed by atoms with Crippen molar-refractivity contribution in [3.8, 4) is 0 Å². The first kappa shape index (κ1) is 21.0. The summed E-state index contributed by atoms with van der Waals surface area (Å²) in [6.07, 6.45) is 14.2. The number of rotatable bonds is 3. The van der Waals surface area contributed by atoms with Gasteiger partial charge in [0.1, 0.15) is 0 Å². The van der Waals surface area contributed by atoms with E-state index in [4.69, 9.17) is 0 Å². The average Bonchev–Trinajstić information content (AvgIpc) is 2.60. The maximum Gasteiger partial charge on any atom is 0.0698 e. The van der Waals surface area contributed by atoms with Gasteiger partial charge in [-0.05, 0) is 59.9 Å². The molecule has 0 saturated carbocycles. The third-order valence-electron chi connectivity index (χ3n) is 3.99. The zero-order valence-electron chi connectivity index (χ0n) is 17.1. The fourth-order valence-electron chi connectivity index (χ4n) is 2.67. The molecule has 0 spiro atoms. The van der Waals surface area contributed by atoms with E-state index in [1.165, 1.54) is 28.7 Å². The van der Waals surface area contributed by atoms with E-state index < -0.39 is 0 Å². The van der Waals surface area contributed by atoms with Crippen LogP contribution in [0.15, 0.2) is 66.4 Å². The van der Waals surface area contributed by atoms with Crippen molar-refractivity contribution < 1.29 is 0 Å². The lowest BCUT2D eigenvalue weighted by Gasteiger charge is -2.27. The van der Waals surface area contributed by atoms with E-state index in [-0.39, 0.29) is 11.5 Å². The van der Waals surface area contributed by atoms with E-state index in [0.717, 1.165) is 0 Å². The highest BCUT2D eigenvalue weighted by Gasteiger charge is 2.20. The summed E-state index contributed by atoms with van der Waals surface area (Å²) in [5, 5.41) is 3.46. The molecule has 0 bridgehead atoms. The second-order valence-corrected chi connectivity index (χ2v) is 7.43. The highest BCUT2D eigenvalue weighted by atomic mass is 14.9. The SMILES string of the molecule is C/C=C\C(=C/C)c1cccc(C2C=C(C(C)(C)C)C=CN2)c1.CCC. The van der Waals surface area contributed by atoms with Crippen LogP contribution in [0.3, 0.4) is 0 Å². The van der Waals surface area contributed by atoms with E-state index in [9.17, 15) is 0 Å². The van der Waals surface area contributed by atoms with Gasteiger partial charge in [-0.15, -0.1) is 0 Å². The Morgan fingerprint density at radius 1 is 1.16 bits per heavy atom. The van der Waals surface area contributed by atoms with Crippen LogP contribution in [0.2, 0.25) is 0 Å². The molecule has 1 atom stereocenters. The van der Waals surface area contributed by atoms with E-state index in [1.807, 2.05) is 0 Å². The zero-order valence-corrected chi connectivity index (χ0v) is 17.1. The molecule has 1 heterocycles. The molecule has 2 rings (SSSR count). The number of dihydropyridines is 1. The predicted molar refractivity (Wildman–Crippen MR) is 113 cm³/mol. The summed E-state index contributed by atoms with van der Waals surface area (Å²) in [5.74, 6) is 0. The summed E-state index contributed by atoms with van der Waals surface area (Å²) in [4.78, 5) is 0. The Balaban J connectivity index is 0.000000970. The van der Waals surface area contributed by atoms with Crippen LogP contribution in [-0.4, -0.2) is 0 Å². The molecule has 0 aliphatic carbocycles. The molecule has 0 saturated heterocycles. The number of hydrogen-bond donors (Lipinski definition) is 1. The third kappa shape index (κ3) is 6.42. The van der Waals surface area contributed by atoms with Gasteiger partial charge in [0.05, 0.1) is 6.04 Å². The maximum atomic E-state index is 3.46. The molecule has 25 heavy (non-hydrogen) atoms. The van der Waals surface area contributed by atoms with Gasteiger partial charge in [-0.3, -0.25) is 0 Å². The Hall–Kier alpha value is -2.02. The molecule has 0 amide bonds. The zero-order chi connectivity index (χ0) is 18.9. The largest absolute Gasteiger partial charge is 0.381 e. The molecular weight excluding hydrogens is 302 g/mol. The van der Waals surface area contributed by atoms with Crippen molar-refractivity contribution in [1.82, 2.24) is 5.32 Å². The summed E-state index contributed by atoms with van der Waals surface area (Å²) >= 11 is 0. The van der Waals surface area contributed by atoms with Crippen LogP contribution in [0.25, 0.3) is 5.57 Å². The standard InChI is InChI=1S/C21H27N.C3H8/c1-6-9-16(7-2)17-10-8-11-18(14-17)20-15-19(12-13-22-20)21(3,4)5;1-3-2/h6-15,20,22H,1-5H3;3H2,1-2H3/b9-6-,16-7+;. The molecule has 0 radical (unpaired) electrons. The van der Waals surface area contributed by atoms with Gasteiger partial charge in [0.15, 0.2) is 0 Å². The summed E-state index contributed by atoms with van der Waals surface area (Å²) in [7, 11) is 0. The number of benzene rings is 1. The summed E-state index contributed by atoms with van der Waals surface area (Å²) in [5.41, 5.74) is 5.37. The van der Waals surface area contributed by atoms with Crippen molar-refractivity contribution in [1.29, 1.82) is 0 Å². The Morgan fingerprint density at radius 2 is 1.84 bits per heavy atom. The van der Waals surface area contributed by atoms with E-state index in [0.29, 0.717) is 0 Å². The minimum atomic E-state index is 0.174. The van der Waals surface area contributed by atoms with Crippen molar-refractivity contribution in [2.45, 2.75) is 60.9 Å². The molecule has 1 nitrogen and oxygen atoms in total. The fourth-order valence-corrected chi connectivity index (χ4v) is 2.67. The first-order valence-corrected chi connectivity index (χ1v) is 9.41. The third-order valence-corrected chi connectivity index (χ3v) is 3.99. The lowest BCUT2D eigenvalue weighted by Crippen LogP contribution is -2.20. The summed E-state index contributed by atoms with van der Waals surface area (Å²) < 4.78 is 0. The van der Waals surface area contributed by atoms with Crippen molar-refractivity contribution in [3.63, 3.8) is 0 Å². The molecule has 1 N–H and O–H groups in total. The fraction of sp³-hybridized carbons (Fsp3) is 0.417. The molecule has 0 aromatic heterocycles. The van der Waals surface area contributed by atoms with Crippen LogP contribution in [0.5, 0.6) is 0 Å². The molecule has 1 heteroatoms. The van der Waals surface area contributed by atoms with Gasteiger partial charge < -0.3 is 5.32 Å². The predicted octanol–water partition coefficient (Wildman–Crippen LogP) is 7.21. The Bertz CT molecular complexity index is 651. The quantitative estimate of drug-likeness (QED) is 0.574. The molecule has 0 fully saturated rings. The summed E-state index contributed by atoms with van der Waals surface area (Å²) in [6, 6.07) is 9.03. The second-order valence-electron chi connectivity index (χ2n) is 7.43. The highest BCUT2D eigenvalue weighted by Crippen LogP contribution is 2.32. The second kappa shape index (κ2) is 10.1. The Labute approximate surface area is 155 Å². The molecule has 1 unspecified atom stereocenters. The monoisotopic (exact) mass is 337 g/mol. The van der Waals surface area contributed by atoms with Gasteiger partial charge in [0, 0.05) is 0 Å². The highest BCUT2D eigenvalue weighted by molar-refractivity contribution is 5.74. The van der Waals surface area contributed by atoms with Crippen LogP contribution in [0.1, 0.15) is 72.1 Å². The van der Waals surface area contributed by atoms with Gasteiger partial charge in [0.25, 0.3) is 0 Å². The number of hydrogen-bond acceptors (Lipinski definition) is 1. The normalized spacial score (nSPS) is 17.6. The molecule has 136 valence electrons. The molecule has 1 aromatic rings. The van der Waals surface area contributed by atoms with E-state index in [1.54, 1.807) is 0 Å². The molecule has 1 aliphatic rings. The van der Waals surface area contributed by atoms with Crippen LogP contribution in [-0.2, 0) is 0 Å². The van der Waals surface area contributed by atoms with Crippen LogP contribution < -0.4 is 5.32 Å². The Morgan fingerprint density at radius 3 is 2.40 bits per heavy atom. The van der Waals surface area contributed by atoms with Crippen molar-refractivity contribution in [2.75, 3.05) is 0 Å². The smallest absolute Gasteiger partial charge is 0.0698 e. The van der Waals surface area contributed by atoms with Gasteiger partial charge in [-0.25, -0.2) is 0 Å². The molecule has 1 aromatic carbocycles. The van der Waals surface area contributed by atoms with Gasteiger partial charge in [-0.1, -0.05) is 83.5 Å². The first-order valence-electron chi connectivity index (χ1n) is 9.41. The van der Waals surface area contributed by atoms with E-state index >= 15 is 0 Å². The van der Waals surface area contributed by atoms with Crippen LogP contribution >= 0.6 is 0 Å². The minimum Gasteiger partial charge on any atom is -0.381 e. The average molecular weight is 338 g/mol.